The molecule has 4 atom stereocenters. The predicted octanol–water partition coefficient (Wildman–Crippen LogP) is -2.02. The van der Waals surface area contributed by atoms with Gasteiger partial charge in [0.05, 0.1) is 19.3 Å². The lowest BCUT2D eigenvalue weighted by molar-refractivity contribution is -0.0505. The van der Waals surface area contributed by atoms with E-state index >= 15 is 0 Å². The van der Waals surface area contributed by atoms with Crippen molar-refractivity contribution in [2.45, 2.75) is 24.5 Å². The molecule has 2 aromatic rings. The molecule has 1 aliphatic heterocycles. The monoisotopic (exact) mass is 361 g/mol. The number of phosphoric ester groups is 1. The second-order valence-corrected chi connectivity index (χ2v) is 6.60. The van der Waals surface area contributed by atoms with Gasteiger partial charge in [-0.05, 0) is 0 Å². The van der Waals surface area contributed by atoms with Gasteiger partial charge >= 0.3 is 7.82 Å². The molecule has 0 unspecified atom stereocenters. The summed E-state index contributed by atoms with van der Waals surface area (Å²) in [6, 6.07) is 0. The fourth-order valence-electron chi connectivity index (χ4n) is 2.58. The van der Waals surface area contributed by atoms with Gasteiger partial charge in [0.15, 0.2) is 11.7 Å². The van der Waals surface area contributed by atoms with Gasteiger partial charge in [0.25, 0.3) is 0 Å². The number of aromatic nitrogens is 4. The number of aliphatic hydroxyl groups excluding tert-OH is 2. The number of hydrogen-bond donors (Lipinski definition) is 5. The molecule has 0 radical (unpaired) electrons. The lowest BCUT2D eigenvalue weighted by Gasteiger charge is -2.18. The molecule has 2 aromatic heterocycles. The summed E-state index contributed by atoms with van der Waals surface area (Å²) >= 11 is 0. The summed E-state index contributed by atoms with van der Waals surface area (Å²) in [5, 5.41) is 28.0. The van der Waals surface area contributed by atoms with Gasteiger partial charge in [0.2, 0.25) is 0 Å². The van der Waals surface area contributed by atoms with Gasteiger partial charge < -0.3 is 29.3 Å². The van der Waals surface area contributed by atoms with E-state index in [4.69, 9.17) is 19.9 Å². The van der Waals surface area contributed by atoms with E-state index in [0.717, 1.165) is 0 Å². The van der Waals surface area contributed by atoms with Crippen molar-refractivity contribution >= 4 is 19.0 Å². The lowest BCUT2D eigenvalue weighted by Crippen LogP contribution is -2.33. The van der Waals surface area contributed by atoms with Crippen molar-refractivity contribution in [3.63, 3.8) is 0 Å². The number of nitrogens with one attached hydrogen (secondary N) is 1. The molecule has 5 N–H and O–H groups in total. The van der Waals surface area contributed by atoms with Crippen LogP contribution in [0.5, 0.6) is 0 Å². The summed E-state index contributed by atoms with van der Waals surface area (Å²) in [4.78, 5) is 25.4. The molecule has 132 valence electrons. The first-order valence-electron chi connectivity index (χ1n) is 6.83. The van der Waals surface area contributed by atoms with E-state index in [-0.39, 0.29) is 11.0 Å². The highest BCUT2D eigenvalue weighted by atomic mass is 31.2. The third-order valence-electron chi connectivity index (χ3n) is 3.70. The number of ether oxygens (including phenoxy) is 1. The Morgan fingerprint density at radius 2 is 2.04 bits per heavy atom. The number of rotatable bonds is 4. The maximum Gasteiger partial charge on any atom is 0.469 e. The maximum absolute atomic E-state index is 10.8. The van der Waals surface area contributed by atoms with E-state index in [9.17, 15) is 14.8 Å². The van der Waals surface area contributed by atoms with Gasteiger partial charge in [-0.25, -0.2) is 14.5 Å². The van der Waals surface area contributed by atoms with Crippen LogP contribution in [-0.4, -0.2) is 64.0 Å². The van der Waals surface area contributed by atoms with E-state index in [1.807, 2.05) is 0 Å². The lowest BCUT2D eigenvalue weighted by atomic mass is 10.1. The Morgan fingerprint density at radius 1 is 1.33 bits per heavy atom. The number of fused-ring (bicyclic) bond motifs is 1. The largest absolute Gasteiger partial charge is 0.469 e. The van der Waals surface area contributed by atoms with Crippen LogP contribution in [0.1, 0.15) is 6.23 Å². The number of phosphoric acid groups is 1. The molecule has 1 aliphatic rings. The Balaban J connectivity index is 1.92. The molecule has 0 spiro atoms. The van der Waals surface area contributed by atoms with Crippen molar-refractivity contribution in [3.8, 4) is 0 Å². The molecular weight excluding hydrogens is 345 g/mol. The van der Waals surface area contributed by atoms with Crippen LogP contribution in [0.2, 0.25) is 0 Å². The minimum absolute atomic E-state index is 0.0590. The molecule has 1 saturated heterocycles. The first-order valence-corrected chi connectivity index (χ1v) is 8.36. The maximum atomic E-state index is 10.8. The summed E-state index contributed by atoms with van der Waals surface area (Å²) < 4.78 is 23.6. The smallest absolute Gasteiger partial charge is 0.387 e. The van der Waals surface area contributed by atoms with Crippen LogP contribution >= 0.6 is 7.82 Å². The molecule has 0 saturated carbocycles. The topological polar surface area (TPSA) is 176 Å². The molecule has 0 amide bonds. The van der Waals surface area contributed by atoms with E-state index in [1.165, 1.54) is 17.2 Å². The SMILES string of the molecule is Cn1cnc(=N)c2ncn([C@@H]3O[C@H](COP(=O)(O)O)[C@@H](O)[C@H]3O)c21. The van der Waals surface area contributed by atoms with Crippen LogP contribution in [0.4, 0.5) is 0 Å². The van der Waals surface area contributed by atoms with Crippen LogP contribution < -0.4 is 5.49 Å². The number of imidazole rings is 1. The average Bonchev–Trinajstić information content (AvgIpc) is 3.05. The molecule has 0 bridgehead atoms. The summed E-state index contributed by atoms with van der Waals surface area (Å²) in [6.45, 7) is -0.594. The normalized spacial score (nSPS) is 27.9. The van der Waals surface area contributed by atoms with E-state index in [0.29, 0.717) is 5.65 Å². The van der Waals surface area contributed by atoms with E-state index in [1.54, 1.807) is 11.6 Å². The van der Waals surface area contributed by atoms with Crippen molar-refractivity contribution in [1.29, 1.82) is 5.41 Å². The summed E-state index contributed by atoms with van der Waals surface area (Å²) in [6.07, 6.45) is -2.27. The fourth-order valence-corrected chi connectivity index (χ4v) is 2.93. The molecular formula is C11H16N5O7P. The number of hydrogen-bond acceptors (Lipinski definition) is 8. The fraction of sp³-hybridized carbons (Fsp3) is 0.545. The first-order chi connectivity index (χ1) is 11.2. The molecule has 13 heteroatoms. The molecule has 24 heavy (non-hydrogen) atoms. The highest BCUT2D eigenvalue weighted by molar-refractivity contribution is 7.46. The van der Waals surface area contributed by atoms with Gasteiger partial charge in [-0.3, -0.25) is 14.5 Å². The quantitative estimate of drug-likeness (QED) is 0.385. The average molecular weight is 361 g/mol. The van der Waals surface area contributed by atoms with Crippen molar-refractivity contribution in [2.75, 3.05) is 6.61 Å². The highest BCUT2D eigenvalue weighted by Gasteiger charge is 2.45. The molecule has 0 aromatic carbocycles. The van der Waals surface area contributed by atoms with Crippen LogP contribution in [0, 0.1) is 5.41 Å². The summed E-state index contributed by atoms with van der Waals surface area (Å²) in [5.74, 6) is 0. The standard InChI is InChI=1S/C11H16N5O7P/c1-15-3-14-9(12)6-10(15)16(4-13-6)11-8(18)7(17)5(23-11)2-22-24(19,20)21/h3-5,7-8,11-12,17-18H,2H2,1H3,(H2,19,20,21)/t5-,7-,8-,11-/m1/s1. The van der Waals surface area contributed by atoms with Gasteiger partial charge in [-0.1, -0.05) is 0 Å². The van der Waals surface area contributed by atoms with Crippen LogP contribution in [-0.2, 0) is 20.9 Å². The number of nitrogens with zero attached hydrogens (tertiary/aromatic N) is 4. The molecule has 3 heterocycles. The zero-order valence-corrected chi connectivity index (χ0v) is 13.3. The Kier molecular flexibility index (Phi) is 4.30. The third-order valence-corrected chi connectivity index (χ3v) is 4.19. The number of aliphatic hydroxyl groups is 2. The van der Waals surface area contributed by atoms with Gasteiger partial charge in [0, 0.05) is 7.05 Å². The van der Waals surface area contributed by atoms with Gasteiger partial charge in [-0.2, -0.15) is 0 Å². The second kappa shape index (κ2) is 6.01. The van der Waals surface area contributed by atoms with Crippen LogP contribution in [0.25, 0.3) is 11.2 Å². The molecule has 0 aliphatic carbocycles. The minimum Gasteiger partial charge on any atom is -0.387 e. The first kappa shape index (κ1) is 17.2. The highest BCUT2D eigenvalue weighted by Crippen LogP contribution is 2.38. The molecule has 3 rings (SSSR count). The van der Waals surface area contributed by atoms with Crippen molar-refractivity contribution in [2.24, 2.45) is 7.05 Å². The Labute approximate surface area is 134 Å². The van der Waals surface area contributed by atoms with Crippen molar-refractivity contribution in [3.05, 3.63) is 18.1 Å². The van der Waals surface area contributed by atoms with Gasteiger partial charge in [0.1, 0.15) is 29.5 Å². The molecule has 12 nitrogen and oxygen atoms in total. The minimum atomic E-state index is -4.73. The van der Waals surface area contributed by atoms with E-state index < -0.39 is 39.0 Å². The second-order valence-electron chi connectivity index (χ2n) is 5.36. The number of aryl methyl sites for hydroxylation is 1. The van der Waals surface area contributed by atoms with Crippen LogP contribution in [0.15, 0.2) is 12.7 Å². The van der Waals surface area contributed by atoms with Gasteiger partial charge in [-0.15, -0.1) is 0 Å². The van der Waals surface area contributed by atoms with Crippen LogP contribution in [0.3, 0.4) is 0 Å². The third kappa shape index (κ3) is 3.00. The Hall–Kier alpha value is -1.66. The summed E-state index contributed by atoms with van der Waals surface area (Å²) in [7, 11) is -3.06. The summed E-state index contributed by atoms with van der Waals surface area (Å²) in [5.41, 5.74) is 0.652. The van der Waals surface area contributed by atoms with E-state index in [2.05, 4.69) is 14.5 Å². The van der Waals surface area contributed by atoms with Crippen molar-refractivity contribution in [1.82, 2.24) is 19.1 Å². The zero-order valence-electron chi connectivity index (χ0n) is 12.4. The predicted molar refractivity (Wildman–Crippen MR) is 76.3 cm³/mol. The Morgan fingerprint density at radius 3 is 2.71 bits per heavy atom. The van der Waals surface area contributed by atoms with Crippen molar-refractivity contribution < 1.29 is 33.8 Å². The Bertz CT molecular complexity index is 860. The zero-order chi connectivity index (χ0) is 17.6. The molecule has 1 fully saturated rings.